The van der Waals surface area contributed by atoms with Crippen molar-refractivity contribution in [3.63, 3.8) is 0 Å². The van der Waals surface area contributed by atoms with E-state index in [1.165, 1.54) is 0 Å². The first-order valence-corrected chi connectivity index (χ1v) is 13.0. The van der Waals surface area contributed by atoms with Crippen LogP contribution < -0.4 is 15.8 Å². The molecule has 37 heavy (non-hydrogen) atoms. The van der Waals surface area contributed by atoms with Crippen molar-refractivity contribution < 1.29 is 9.53 Å². The normalized spacial score (nSPS) is 11.2. The number of fused-ring (bicyclic) bond motifs is 1. The third-order valence-corrected chi connectivity index (χ3v) is 6.07. The van der Waals surface area contributed by atoms with Gasteiger partial charge in [0.05, 0.1) is 24.9 Å². The maximum Gasteiger partial charge on any atom is 0.295 e. The summed E-state index contributed by atoms with van der Waals surface area (Å²) in [4.78, 5) is 38.5. The van der Waals surface area contributed by atoms with Gasteiger partial charge in [-0.3, -0.25) is 14.2 Å². The number of nitrogens with one attached hydrogen (secondary N) is 1. The van der Waals surface area contributed by atoms with Gasteiger partial charge in [0.15, 0.2) is 11.5 Å². The number of carbonyl (C=O) groups excluding carboxylic acids is 1. The van der Waals surface area contributed by atoms with Crippen LogP contribution in [0.2, 0.25) is 0 Å². The number of benzene rings is 1. The predicted molar refractivity (Wildman–Crippen MR) is 150 cm³/mol. The number of pyridine rings is 1. The highest BCUT2D eigenvalue weighted by Crippen LogP contribution is 2.23. The minimum Gasteiger partial charge on any atom is -0.378 e. The van der Waals surface area contributed by atoms with Gasteiger partial charge in [0.2, 0.25) is 5.91 Å². The Bertz CT molecular complexity index is 1240. The molecule has 0 spiro atoms. The summed E-state index contributed by atoms with van der Waals surface area (Å²) in [6, 6.07) is 12.0. The van der Waals surface area contributed by atoms with E-state index in [4.69, 9.17) is 9.72 Å². The zero-order chi connectivity index (χ0) is 26.9. The van der Waals surface area contributed by atoms with Crippen LogP contribution in [0.1, 0.15) is 40.5 Å². The smallest absolute Gasteiger partial charge is 0.295 e. The van der Waals surface area contributed by atoms with Gasteiger partial charge < -0.3 is 19.9 Å². The fourth-order valence-corrected chi connectivity index (χ4v) is 4.09. The highest BCUT2D eigenvalue weighted by molar-refractivity contribution is 5.77. The van der Waals surface area contributed by atoms with Crippen molar-refractivity contribution in [2.45, 2.75) is 53.2 Å². The van der Waals surface area contributed by atoms with Crippen molar-refractivity contribution in [3.05, 3.63) is 46.8 Å². The van der Waals surface area contributed by atoms with Crippen LogP contribution in [-0.2, 0) is 16.1 Å². The van der Waals surface area contributed by atoms with E-state index in [2.05, 4.69) is 17.2 Å². The number of hydrogen-bond acceptors (Lipinski definition) is 7. The topological polar surface area (TPSA) is 92.6 Å². The molecule has 0 atom stereocenters. The summed E-state index contributed by atoms with van der Waals surface area (Å²) >= 11 is 0. The summed E-state index contributed by atoms with van der Waals surface area (Å²) in [5, 5.41) is 3.19. The van der Waals surface area contributed by atoms with Crippen LogP contribution in [0.3, 0.4) is 0 Å². The number of aromatic nitrogens is 3. The van der Waals surface area contributed by atoms with E-state index >= 15 is 0 Å². The van der Waals surface area contributed by atoms with Gasteiger partial charge in [-0.15, -0.1) is 0 Å². The first-order valence-electron chi connectivity index (χ1n) is 13.0. The van der Waals surface area contributed by atoms with Gasteiger partial charge >= 0.3 is 0 Å². The second-order valence-corrected chi connectivity index (χ2v) is 9.60. The lowest BCUT2D eigenvalue weighted by Gasteiger charge is -2.20. The number of ether oxygens (including phenoxy) is 1. The Morgan fingerprint density at radius 3 is 2.43 bits per heavy atom. The number of anilines is 2. The molecule has 2 heterocycles. The number of nitrogens with zero attached hydrogens (tertiary/aromatic N) is 5. The van der Waals surface area contributed by atoms with Crippen molar-refractivity contribution >= 4 is 28.6 Å². The zero-order valence-electron chi connectivity index (χ0n) is 23.0. The Kier molecular flexibility index (Phi) is 10.0. The van der Waals surface area contributed by atoms with E-state index in [9.17, 15) is 9.59 Å². The lowest BCUT2D eigenvalue weighted by Crippen LogP contribution is -2.32. The molecule has 3 rings (SSSR count). The largest absolute Gasteiger partial charge is 0.378 e. The van der Waals surface area contributed by atoms with Crippen molar-refractivity contribution in [1.82, 2.24) is 19.4 Å². The monoisotopic (exact) mass is 508 g/mol. The van der Waals surface area contributed by atoms with E-state index in [-0.39, 0.29) is 23.4 Å². The quantitative estimate of drug-likeness (QED) is 0.349. The molecule has 1 aromatic carbocycles. The summed E-state index contributed by atoms with van der Waals surface area (Å²) in [7, 11) is 4.01. The number of amides is 1. The standard InChI is InChI=1S/C28H40N6O3/c1-7-16-33(21(4)35)17-8-15-29-26-28(36)34(18-19-37-20(2)3)27-25(30-26)14-13-24(31-27)22-9-11-23(12-10-22)32(5)6/h9-14,20H,7-8,15-19H2,1-6H3,(H,29,30). The number of carbonyl (C=O) groups is 1. The number of rotatable bonds is 13. The zero-order valence-corrected chi connectivity index (χ0v) is 23.0. The molecule has 1 amide bonds. The molecule has 0 aliphatic rings. The van der Waals surface area contributed by atoms with Gasteiger partial charge in [0, 0.05) is 51.9 Å². The first-order chi connectivity index (χ1) is 17.7. The van der Waals surface area contributed by atoms with Crippen LogP contribution >= 0.6 is 0 Å². The minimum absolute atomic E-state index is 0.0625. The highest BCUT2D eigenvalue weighted by Gasteiger charge is 2.14. The molecule has 0 aliphatic heterocycles. The van der Waals surface area contributed by atoms with E-state index in [1.807, 2.05) is 74.1 Å². The highest BCUT2D eigenvalue weighted by atomic mass is 16.5. The molecule has 0 radical (unpaired) electrons. The van der Waals surface area contributed by atoms with Crippen LogP contribution in [0.5, 0.6) is 0 Å². The summed E-state index contributed by atoms with van der Waals surface area (Å²) in [5.41, 5.74) is 3.78. The van der Waals surface area contributed by atoms with Crippen LogP contribution in [0.15, 0.2) is 41.2 Å². The van der Waals surface area contributed by atoms with Crippen LogP contribution in [0.25, 0.3) is 22.4 Å². The minimum atomic E-state index is -0.232. The summed E-state index contributed by atoms with van der Waals surface area (Å²) in [6.07, 6.45) is 1.69. The van der Waals surface area contributed by atoms with E-state index in [1.54, 1.807) is 11.5 Å². The molecule has 1 N–H and O–H groups in total. The van der Waals surface area contributed by atoms with E-state index < -0.39 is 0 Å². The third kappa shape index (κ3) is 7.52. The Balaban J connectivity index is 1.88. The molecule has 0 fully saturated rings. The van der Waals surface area contributed by atoms with Gasteiger partial charge in [0.25, 0.3) is 5.56 Å². The Hall–Kier alpha value is -3.46. The first kappa shape index (κ1) is 28.1. The molecule has 2 aromatic heterocycles. The Morgan fingerprint density at radius 2 is 1.81 bits per heavy atom. The van der Waals surface area contributed by atoms with Crippen molar-refractivity contribution in [2.75, 3.05) is 50.6 Å². The summed E-state index contributed by atoms with van der Waals surface area (Å²) in [5.74, 6) is 0.350. The Labute approximate surface area is 219 Å². The van der Waals surface area contributed by atoms with E-state index in [0.717, 1.165) is 36.3 Å². The second-order valence-electron chi connectivity index (χ2n) is 9.60. The third-order valence-electron chi connectivity index (χ3n) is 6.07. The molecule has 0 saturated heterocycles. The molecule has 0 saturated carbocycles. The molecule has 0 unspecified atom stereocenters. The van der Waals surface area contributed by atoms with Crippen LogP contribution in [0, 0.1) is 0 Å². The van der Waals surface area contributed by atoms with Crippen molar-refractivity contribution in [2.24, 2.45) is 0 Å². The maximum atomic E-state index is 13.4. The van der Waals surface area contributed by atoms with Gasteiger partial charge in [-0.2, -0.15) is 0 Å². The van der Waals surface area contributed by atoms with Crippen LogP contribution in [-0.4, -0.2) is 71.8 Å². The molecule has 3 aromatic rings. The lowest BCUT2D eigenvalue weighted by molar-refractivity contribution is -0.128. The fraction of sp³-hybridized carbons (Fsp3) is 0.500. The van der Waals surface area contributed by atoms with Gasteiger partial charge in [-0.05, 0) is 51.0 Å². The fourth-order valence-electron chi connectivity index (χ4n) is 4.09. The molecular formula is C28H40N6O3. The molecule has 0 bridgehead atoms. The molecule has 9 heteroatoms. The molecule has 0 aliphatic carbocycles. The average molecular weight is 509 g/mol. The van der Waals surface area contributed by atoms with Crippen molar-refractivity contribution in [3.8, 4) is 11.3 Å². The van der Waals surface area contributed by atoms with Crippen molar-refractivity contribution in [1.29, 1.82) is 0 Å². The maximum absolute atomic E-state index is 13.4. The number of hydrogen-bond donors (Lipinski definition) is 1. The second kappa shape index (κ2) is 13.2. The molecule has 200 valence electrons. The summed E-state index contributed by atoms with van der Waals surface area (Å²) in [6.45, 7) is 10.2. The average Bonchev–Trinajstić information content (AvgIpc) is 2.87. The van der Waals surface area contributed by atoms with Crippen LogP contribution in [0.4, 0.5) is 11.5 Å². The summed E-state index contributed by atoms with van der Waals surface area (Å²) < 4.78 is 7.38. The van der Waals surface area contributed by atoms with Gasteiger partial charge in [0.1, 0.15) is 5.52 Å². The Morgan fingerprint density at radius 1 is 1.08 bits per heavy atom. The van der Waals surface area contributed by atoms with Gasteiger partial charge in [-0.1, -0.05) is 19.1 Å². The predicted octanol–water partition coefficient (Wildman–Crippen LogP) is 4.01. The SMILES string of the molecule is CCCN(CCCNc1nc2ccc(-c3ccc(N(C)C)cc3)nc2n(CCOC(C)C)c1=O)C(C)=O. The molecule has 9 nitrogen and oxygen atoms in total. The van der Waals surface area contributed by atoms with Gasteiger partial charge in [-0.25, -0.2) is 9.97 Å². The molecular weight excluding hydrogens is 468 g/mol. The van der Waals surface area contributed by atoms with E-state index in [0.29, 0.717) is 37.4 Å². The lowest BCUT2D eigenvalue weighted by atomic mass is 10.1.